The third-order valence-electron chi connectivity index (χ3n) is 13.2. The van der Waals surface area contributed by atoms with E-state index >= 15 is 0 Å². The summed E-state index contributed by atoms with van der Waals surface area (Å²) in [6.07, 6.45) is 0. The lowest BCUT2D eigenvalue weighted by atomic mass is 9.92. The van der Waals surface area contributed by atoms with Gasteiger partial charge < -0.3 is 23.4 Å². The van der Waals surface area contributed by atoms with Gasteiger partial charge in [-0.3, -0.25) is 0 Å². The fourth-order valence-electron chi connectivity index (χ4n) is 10.2. The highest BCUT2D eigenvalue weighted by atomic mass is 16.5. The minimum atomic E-state index is 0.788. The number of fused-ring (bicyclic) bond motifs is 10. The van der Waals surface area contributed by atoms with Crippen LogP contribution in [0.2, 0.25) is 0 Å². The van der Waals surface area contributed by atoms with Crippen molar-refractivity contribution in [2.24, 2.45) is 0 Å². The average molecular weight is 833 g/mol. The molecule has 5 nitrogen and oxygen atoms in total. The number of ether oxygens (including phenoxy) is 1. The molecule has 0 bridgehead atoms. The van der Waals surface area contributed by atoms with Crippen molar-refractivity contribution in [3.63, 3.8) is 0 Å². The van der Waals surface area contributed by atoms with E-state index < -0.39 is 0 Å². The van der Waals surface area contributed by atoms with Crippen molar-refractivity contribution in [1.29, 1.82) is 0 Å². The summed E-state index contributed by atoms with van der Waals surface area (Å²) in [5.41, 5.74) is 11.5. The largest absolute Gasteiger partial charge is 0.456 e. The van der Waals surface area contributed by atoms with Crippen LogP contribution in [0.3, 0.4) is 0 Å². The third kappa shape index (κ3) is 5.46. The second kappa shape index (κ2) is 13.9. The van der Waals surface area contributed by atoms with Crippen molar-refractivity contribution in [3.8, 4) is 22.6 Å². The fourth-order valence-corrected chi connectivity index (χ4v) is 10.2. The molecule has 0 atom stereocenters. The number of rotatable bonds is 6. The van der Waals surface area contributed by atoms with Gasteiger partial charge in [0.05, 0.1) is 22.7 Å². The van der Waals surface area contributed by atoms with Crippen LogP contribution in [0.1, 0.15) is 0 Å². The minimum absolute atomic E-state index is 0.788. The monoisotopic (exact) mass is 832 g/mol. The van der Waals surface area contributed by atoms with E-state index in [9.17, 15) is 0 Å². The first-order chi connectivity index (χ1) is 32.2. The molecule has 0 N–H and O–H groups in total. The number of anilines is 6. The molecule has 14 rings (SSSR count). The number of hydrogen-bond acceptors (Lipinski definition) is 5. The van der Waals surface area contributed by atoms with Gasteiger partial charge in [0.1, 0.15) is 22.7 Å². The summed E-state index contributed by atoms with van der Waals surface area (Å²) < 4.78 is 20.4. The van der Waals surface area contributed by atoms with Crippen molar-refractivity contribution >= 4 is 110 Å². The maximum atomic E-state index is 7.04. The molecule has 3 heterocycles. The lowest BCUT2D eigenvalue weighted by Gasteiger charge is -2.30. The summed E-state index contributed by atoms with van der Waals surface area (Å²) in [6.45, 7) is 0. The maximum Gasteiger partial charge on any atom is 0.159 e. The number of benzene rings is 11. The Bertz CT molecular complexity index is 4090. The molecule has 0 saturated heterocycles. The molecular weight excluding hydrogens is 797 g/mol. The highest BCUT2D eigenvalue weighted by Gasteiger charge is 2.28. The van der Waals surface area contributed by atoms with Gasteiger partial charge in [-0.2, -0.15) is 0 Å². The molecule has 0 aliphatic carbocycles. The summed E-state index contributed by atoms with van der Waals surface area (Å²) in [5.74, 6) is 1.59. The van der Waals surface area contributed by atoms with Crippen LogP contribution in [-0.4, -0.2) is 0 Å². The van der Waals surface area contributed by atoms with Crippen LogP contribution in [0.25, 0.3) is 87.3 Å². The van der Waals surface area contributed by atoms with Crippen molar-refractivity contribution in [2.75, 3.05) is 9.80 Å². The third-order valence-corrected chi connectivity index (χ3v) is 13.2. The Kier molecular flexibility index (Phi) is 7.62. The van der Waals surface area contributed by atoms with Gasteiger partial charge in [-0.15, -0.1) is 0 Å². The molecule has 0 saturated carbocycles. The summed E-state index contributed by atoms with van der Waals surface area (Å²) in [6, 6.07) is 77.2. The zero-order chi connectivity index (χ0) is 42.6. The van der Waals surface area contributed by atoms with Gasteiger partial charge in [-0.05, 0) is 99.9 Å². The average Bonchev–Trinajstić information content (AvgIpc) is 3.94. The van der Waals surface area contributed by atoms with Crippen LogP contribution in [0.15, 0.2) is 227 Å². The van der Waals surface area contributed by atoms with E-state index in [1.54, 1.807) is 0 Å². The standard InChI is InChI=1S/C60H36N2O3/c1-3-14-39-34-41(28-26-37(39)12-1)61(52-21-9-18-48-44-16-5-7-23-54(44)64-59(48)52)43-30-31-46-47-32-33-51(50-20-11-25-56(58(47)50)63-57(46)36-43)62(42-29-27-38-13-2-4-15-40(38)35-42)53-22-10-19-49-45-17-6-8-24-55(45)65-60(49)53/h1-36H. The van der Waals surface area contributed by atoms with E-state index in [4.69, 9.17) is 13.6 Å². The normalized spacial score (nSPS) is 12.1. The summed E-state index contributed by atoms with van der Waals surface area (Å²) in [5, 5.41) is 11.2. The fraction of sp³-hybridized carbons (Fsp3) is 0. The molecule has 0 fully saturated rings. The van der Waals surface area contributed by atoms with Crippen LogP contribution >= 0.6 is 0 Å². The molecule has 1 aliphatic rings. The van der Waals surface area contributed by atoms with E-state index in [0.717, 1.165) is 122 Å². The van der Waals surface area contributed by atoms with E-state index in [0.29, 0.717) is 0 Å². The minimum Gasteiger partial charge on any atom is -0.456 e. The van der Waals surface area contributed by atoms with Crippen LogP contribution in [0.4, 0.5) is 34.1 Å². The van der Waals surface area contributed by atoms with Crippen LogP contribution < -0.4 is 14.5 Å². The Hall–Kier alpha value is -8.80. The SMILES string of the molecule is c1ccc2cc(N(c3ccc4c(c3)Oc3cccc5c(N(c6ccc7ccccc7c6)c6cccc7c6oc6ccccc67)ccc-4c35)c3cccc4c3oc3ccccc34)ccc2c1. The topological polar surface area (TPSA) is 42.0 Å². The molecule has 0 unspecified atom stereocenters. The molecule has 2 aromatic heterocycles. The van der Waals surface area contributed by atoms with Gasteiger partial charge in [-0.1, -0.05) is 140 Å². The molecule has 304 valence electrons. The van der Waals surface area contributed by atoms with Crippen LogP contribution in [0.5, 0.6) is 11.5 Å². The summed E-state index contributed by atoms with van der Waals surface area (Å²) >= 11 is 0. The number of nitrogens with zero attached hydrogens (tertiary/aromatic N) is 2. The predicted octanol–water partition coefficient (Wildman–Crippen LogP) is 17.7. The lowest BCUT2D eigenvalue weighted by molar-refractivity contribution is 0.487. The van der Waals surface area contributed by atoms with Gasteiger partial charge in [0.2, 0.25) is 0 Å². The second-order valence-electron chi connectivity index (χ2n) is 16.8. The van der Waals surface area contributed by atoms with Crippen molar-refractivity contribution < 1.29 is 13.6 Å². The first kappa shape index (κ1) is 35.8. The molecular formula is C60H36N2O3. The number of para-hydroxylation sites is 4. The van der Waals surface area contributed by atoms with Crippen LogP contribution in [-0.2, 0) is 0 Å². The van der Waals surface area contributed by atoms with E-state index in [1.165, 1.54) is 10.8 Å². The van der Waals surface area contributed by atoms with Crippen molar-refractivity contribution in [1.82, 2.24) is 0 Å². The maximum absolute atomic E-state index is 7.04. The molecule has 1 aliphatic heterocycles. The first-order valence-corrected chi connectivity index (χ1v) is 22.0. The zero-order valence-electron chi connectivity index (χ0n) is 34.9. The zero-order valence-corrected chi connectivity index (χ0v) is 34.9. The van der Waals surface area contributed by atoms with Gasteiger partial charge in [-0.25, -0.2) is 0 Å². The van der Waals surface area contributed by atoms with Gasteiger partial charge in [0.25, 0.3) is 0 Å². The van der Waals surface area contributed by atoms with Gasteiger partial charge in [0.15, 0.2) is 11.2 Å². The van der Waals surface area contributed by atoms with Gasteiger partial charge >= 0.3 is 0 Å². The predicted molar refractivity (Wildman–Crippen MR) is 268 cm³/mol. The molecule has 13 aromatic rings. The first-order valence-electron chi connectivity index (χ1n) is 22.0. The van der Waals surface area contributed by atoms with E-state index in [2.05, 4.69) is 204 Å². The Morgan fingerprint density at radius 1 is 0.292 bits per heavy atom. The van der Waals surface area contributed by atoms with Crippen LogP contribution in [0, 0.1) is 0 Å². The molecule has 0 amide bonds. The van der Waals surface area contributed by atoms with Crippen molar-refractivity contribution in [2.45, 2.75) is 0 Å². The highest BCUT2D eigenvalue weighted by Crippen LogP contribution is 2.53. The molecule has 5 heteroatoms. The second-order valence-corrected chi connectivity index (χ2v) is 16.8. The van der Waals surface area contributed by atoms with Crippen molar-refractivity contribution in [3.05, 3.63) is 218 Å². The Morgan fingerprint density at radius 2 is 0.785 bits per heavy atom. The quantitative estimate of drug-likeness (QED) is 0.167. The van der Waals surface area contributed by atoms with Gasteiger partial charge in [0, 0.05) is 55.3 Å². The highest BCUT2D eigenvalue weighted by molar-refractivity contribution is 6.15. The molecule has 0 spiro atoms. The summed E-state index contributed by atoms with van der Waals surface area (Å²) in [4.78, 5) is 4.64. The Labute approximate surface area is 373 Å². The van der Waals surface area contributed by atoms with E-state index in [-0.39, 0.29) is 0 Å². The number of furan rings is 2. The number of hydrogen-bond donors (Lipinski definition) is 0. The summed E-state index contributed by atoms with van der Waals surface area (Å²) in [7, 11) is 0. The van der Waals surface area contributed by atoms with E-state index in [1.807, 2.05) is 24.3 Å². The molecule has 11 aromatic carbocycles. The Morgan fingerprint density at radius 3 is 1.45 bits per heavy atom. The smallest absolute Gasteiger partial charge is 0.159 e. The molecule has 65 heavy (non-hydrogen) atoms. The lowest BCUT2D eigenvalue weighted by Crippen LogP contribution is -2.12. The Balaban J connectivity index is 0.955. The molecule has 0 radical (unpaired) electrons.